The van der Waals surface area contributed by atoms with Crippen molar-refractivity contribution in [2.24, 2.45) is 0 Å². The van der Waals surface area contributed by atoms with Crippen LogP contribution in [0.4, 0.5) is 0 Å². The Balaban J connectivity index is 1.82. The minimum Gasteiger partial charge on any atom is -0.365 e. The Kier molecular flexibility index (Phi) is 3.11. The molecule has 2 atom stereocenters. The van der Waals surface area contributed by atoms with E-state index in [9.17, 15) is 4.79 Å². The molecule has 0 bridgehead atoms. The lowest BCUT2D eigenvalue weighted by atomic mass is 10.1. The number of amides is 1. The molecule has 3 nitrogen and oxygen atoms in total. The molecule has 0 radical (unpaired) electrons. The Labute approximate surface area is 82.6 Å². The van der Waals surface area contributed by atoms with E-state index in [4.69, 9.17) is 4.74 Å². The monoisotopic (exact) mass is 201 g/mol. The highest BCUT2D eigenvalue weighted by atomic mass is 32.2. The summed E-state index contributed by atoms with van der Waals surface area (Å²) in [7, 11) is 0. The van der Waals surface area contributed by atoms with Crippen LogP contribution in [-0.2, 0) is 9.53 Å². The molecule has 2 unspecified atom stereocenters. The van der Waals surface area contributed by atoms with Crippen molar-refractivity contribution in [1.82, 2.24) is 5.32 Å². The normalized spacial score (nSPS) is 35.5. The summed E-state index contributed by atoms with van der Waals surface area (Å²) >= 11 is 1.99. The number of morpholine rings is 1. The van der Waals surface area contributed by atoms with Crippen molar-refractivity contribution in [2.45, 2.75) is 30.6 Å². The molecule has 2 aliphatic heterocycles. The summed E-state index contributed by atoms with van der Waals surface area (Å²) in [5.41, 5.74) is 0. The van der Waals surface area contributed by atoms with Crippen molar-refractivity contribution < 1.29 is 9.53 Å². The third-order valence-corrected chi connectivity index (χ3v) is 4.05. The smallest absolute Gasteiger partial charge is 0.246 e. The zero-order valence-corrected chi connectivity index (χ0v) is 8.44. The molecule has 2 aliphatic rings. The molecule has 2 fully saturated rings. The molecule has 13 heavy (non-hydrogen) atoms. The van der Waals surface area contributed by atoms with Crippen LogP contribution in [0.25, 0.3) is 0 Å². The molecule has 0 aromatic rings. The lowest BCUT2D eigenvalue weighted by Gasteiger charge is -2.32. The van der Waals surface area contributed by atoms with Crippen molar-refractivity contribution in [3.63, 3.8) is 0 Å². The fourth-order valence-electron chi connectivity index (χ4n) is 1.80. The van der Waals surface area contributed by atoms with Crippen LogP contribution in [0.15, 0.2) is 0 Å². The maximum absolute atomic E-state index is 10.8. The van der Waals surface area contributed by atoms with E-state index < -0.39 is 0 Å². The molecule has 0 saturated carbocycles. The summed E-state index contributed by atoms with van der Waals surface area (Å²) in [6, 6.07) is 0. The molecule has 1 amide bonds. The molecule has 0 aliphatic carbocycles. The number of carbonyl (C=O) groups is 1. The third kappa shape index (κ3) is 2.38. The van der Waals surface area contributed by atoms with Gasteiger partial charge >= 0.3 is 0 Å². The number of thioether (sulfide) groups is 1. The van der Waals surface area contributed by atoms with Crippen LogP contribution in [0.1, 0.15) is 19.3 Å². The fraction of sp³-hybridized carbons (Fsp3) is 0.889. The van der Waals surface area contributed by atoms with Gasteiger partial charge < -0.3 is 10.1 Å². The van der Waals surface area contributed by atoms with E-state index in [0.29, 0.717) is 11.8 Å². The second-order valence-corrected chi connectivity index (χ2v) is 4.91. The Morgan fingerprint density at radius 3 is 3.00 bits per heavy atom. The van der Waals surface area contributed by atoms with E-state index in [2.05, 4.69) is 5.32 Å². The van der Waals surface area contributed by atoms with Gasteiger partial charge in [-0.2, -0.15) is 11.8 Å². The summed E-state index contributed by atoms with van der Waals surface area (Å²) in [6.45, 7) is 0.957. The standard InChI is InChI=1S/C9H15NO2S/c11-9-6-12-7(5-10-9)8-3-1-2-4-13-8/h7-8H,1-6H2,(H,10,11). The summed E-state index contributed by atoms with van der Waals surface area (Å²) in [5.74, 6) is 1.27. The van der Waals surface area contributed by atoms with Crippen LogP contribution in [0, 0.1) is 0 Å². The minimum absolute atomic E-state index is 0.0251. The van der Waals surface area contributed by atoms with E-state index in [-0.39, 0.29) is 18.6 Å². The molecule has 74 valence electrons. The predicted octanol–water partition coefficient (Wildman–Crippen LogP) is 0.787. The number of rotatable bonds is 1. The number of carbonyl (C=O) groups excluding carboxylic acids is 1. The average Bonchev–Trinajstić information content (AvgIpc) is 2.20. The van der Waals surface area contributed by atoms with Crippen molar-refractivity contribution in [3.05, 3.63) is 0 Å². The summed E-state index contributed by atoms with van der Waals surface area (Å²) < 4.78 is 5.50. The second-order valence-electron chi connectivity index (χ2n) is 3.56. The molecule has 2 rings (SSSR count). The van der Waals surface area contributed by atoms with Crippen LogP contribution >= 0.6 is 11.8 Å². The highest BCUT2D eigenvalue weighted by Crippen LogP contribution is 2.29. The summed E-state index contributed by atoms with van der Waals surface area (Å²) in [6.07, 6.45) is 4.14. The zero-order chi connectivity index (χ0) is 9.10. The van der Waals surface area contributed by atoms with E-state index in [1.807, 2.05) is 11.8 Å². The van der Waals surface area contributed by atoms with E-state index in [0.717, 1.165) is 0 Å². The second kappa shape index (κ2) is 4.33. The van der Waals surface area contributed by atoms with Gasteiger partial charge in [-0.1, -0.05) is 6.42 Å². The number of hydrogen-bond donors (Lipinski definition) is 1. The van der Waals surface area contributed by atoms with Crippen LogP contribution in [0.5, 0.6) is 0 Å². The lowest BCUT2D eigenvalue weighted by Crippen LogP contribution is -2.47. The number of hydrogen-bond acceptors (Lipinski definition) is 3. The van der Waals surface area contributed by atoms with Gasteiger partial charge in [0.2, 0.25) is 5.91 Å². The van der Waals surface area contributed by atoms with E-state index in [1.165, 1.54) is 25.0 Å². The van der Waals surface area contributed by atoms with E-state index >= 15 is 0 Å². The van der Waals surface area contributed by atoms with Gasteiger partial charge in [0, 0.05) is 11.8 Å². The van der Waals surface area contributed by atoms with Gasteiger partial charge in [-0.25, -0.2) is 0 Å². The molecular weight excluding hydrogens is 186 g/mol. The zero-order valence-electron chi connectivity index (χ0n) is 7.62. The van der Waals surface area contributed by atoms with Crippen molar-refractivity contribution in [1.29, 1.82) is 0 Å². The van der Waals surface area contributed by atoms with Gasteiger partial charge in [-0.3, -0.25) is 4.79 Å². The molecule has 1 N–H and O–H groups in total. The van der Waals surface area contributed by atoms with Crippen molar-refractivity contribution in [3.8, 4) is 0 Å². The Hall–Kier alpha value is -0.220. The first-order valence-corrected chi connectivity index (χ1v) is 5.91. The van der Waals surface area contributed by atoms with Gasteiger partial charge in [0.1, 0.15) is 6.61 Å². The van der Waals surface area contributed by atoms with Crippen LogP contribution < -0.4 is 5.32 Å². The highest BCUT2D eigenvalue weighted by molar-refractivity contribution is 8.00. The molecule has 2 heterocycles. The van der Waals surface area contributed by atoms with Crippen LogP contribution in [0.3, 0.4) is 0 Å². The predicted molar refractivity (Wildman–Crippen MR) is 52.8 cm³/mol. The Morgan fingerprint density at radius 1 is 1.46 bits per heavy atom. The summed E-state index contributed by atoms with van der Waals surface area (Å²) in [5, 5.41) is 3.46. The Morgan fingerprint density at radius 2 is 2.38 bits per heavy atom. The van der Waals surface area contributed by atoms with Crippen molar-refractivity contribution >= 4 is 17.7 Å². The van der Waals surface area contributed by atoms with Gasteiger partial charge in [-0.05, 0) is 18.6 Å². The topological polar surface area (TPSA) is 38.3 Å². The first kappa shape index (κ1) is 9.34. The maximum Gasteiger partial charge on any atom is 0.246 e. The van der Waals surface area contributed by atoms with Gasteiger partial charge in [-0.15, -0.1) is 0 Å². The lowest BCUT2D eigenvalue weighted by molar-refractivity contribution is -0.133. The number of nitrogens with one attached hydrogen (secondary N) is 1. The summed E-state index contributed by atoms with van der Waals surface area (Å²) in [4.78, 5) is 10.8. The van der Waals surface area contributed by atoms with Gasteiger partial charge in [0.05, 0.1) is 6.10 Å². The van der Waals surface area contributed by atoms with Crippen molar-refractivity contribution in [2.75, 3.05) is 18.9 Å². The third-order valence-electron chi connectivity index (χ3n) is 2.56. The molecule has 4 heteroatoms. The van der Waals surface area contributed by atoms with Gasteiger partial charge in [0.25, 0.3) is 0 Å². The average molecular weight is 201 g/mol. The molecule has 0 aromatic carbocycles. The van der Waals surface area contributed by atoms with Crippen LogP contribution in [-0.4, -0.2) is 36.2 Å². The molecular formula is C9H15NO2S. The first-order chi connectivity index (χ1) is 6.36. The maximum atomic E-state index is 10.8. The van der Waals surface area contributed by atoms with Crippen LogP contribution in [0.2, 0.25) is 0 Å². The first-order valence-electron chi connectivity index (χ1n) is 4.86. The molecule has 0 spiro atoms. The molecule has 2 saturated heterocycles. The highest BCUT2D eigenvalue weighted by Gasteiger charge is 2.28. The fourth-order valence-corrected chi connectivity index (χ4v) is 3.20. The minimum atomic E-state index is 0.0251. The van der Waals surface area contributed by atoms with E-state index in [1.54, 1.807) is 0 Å². The quantitative estimate of drug-likeness (QED) is 0.681. The van der Waals surface area contributed by atoms with Gasteiger partial charge in [0.15, 0.2) is 0 Å². The SMILES string of the molecule is O=C1COC(C2CCCCS2)CN1. The molecule has 0 aromatic heterocycles. The Bertz CT molecular complexity index is 182. The largest absolute Gasteiger partial charge is 0.365 e. The number of ether oxygens (including phenoxy) is 1.